The third-order valence-electron chi connectivity index (χ3n) is 4.24. The molecule has 0 saturated carbocycles. The highest BCUT2D eigenvalue weighted by atomic mass is 35.5. The summed E-state index contributed by atoms with van der Waals surface area (Å²) in [6.45, 7) is 2.65. The van der Waals surface area contributed by atoms with Gasteiger partial charge in [-0.05, 0) is 36.8 Å². The minimum Gasteiger partial charge on any atom is -0.345 e. The number of nitrogens with one attached hydrogen (secondary N) is 2. The molecule has 7 nitrogen and oxygen atoms in total. The molecule has 9 heteroatoms. The van der Waals surface area contributed by atoms with Gasteiger partial charge in [-0.1, -0.05) is 29.3 Å². The van der Waals surface area contributed by atoms with Gasteiger partial charge in [-0.15, -0.1) is 0 Å². The van der Waals surface area contributed by atoms with Gasteiger partial charge in [-0.3, -0.25) is 10.4 Å². The van der Waals surface area contributed by atoms with E-state index in [4.69, 9.17) is 23.2 Å². The first kappa shape index (κ1) is 19.2. The molecule has 0 aliphatic heterocycles. The Morgan fingerprint density at radius 1 is 0.966 bits per heavy atom. The molecule has 0 fully saturated rings. The first-order valence-electron chi connectivity index (χ1n) is 8.91. The predicted molar refractivity (Wildman–Crippen MR) is 116 cm³/mol. The third kappa shape index (κ3) is 4.31. The van der Waals surface area contributed by atoms with Crippen molar-refractivity contribution in [1.82, 2.24) is 24.9 Å². The zero-order chi connectivity index (χ0) is 20.2. The topological polar surface area (TPSA) is 82.6 Å². The molecule has 0 aliphatic carbocycles. The molecule has 0 radical (unpaired) electrons. The summed E-state index contributed by atoms with van der Waals surface area (Å²) in [5, 5.41) is 3.04. The number of nitrogens with zero attached hydrogens (tertiary/aromatic N) is 5. The van der Waals surface area contributed by atoms with Gasteiger partial charge in [-0.2, -0.15) is 0 Å². The number of imidazole rings is 1. The quantitative estimate of drug-likeness (QED) is 0.418. The number of H-pyrrole nitrogens is 1. The molecule has 0 spiro atoms. The summed E-state index contributed by atoms with van der Waals surface area (Å²) >= 11 is 12.4. The van der Waals surface area contributed by atoms with E-state index in [9.17, 15) is 0 Å². The summed E-state index contributed by atoms with van der Waals surface area (Å²) in [6.07, 6.45) is 8.59. The van der Waals surface area contributed by atoms with Gasteiger partial charge >= 0.3 is 0 Å². The average molecular weight is 426 g/mol. The smallest absolute Gasteiger partial charge is 0.241 e. The molecule has 146 valence electrons. The molecule has 0 unspecified atom stereocenters. The van der Waals surface area contributed by atoms with Crippen molar-refractivity contribution in [3.63, 3.8) is 0 Å². The minimum atomic E-state index is 0.457. The lowest BCUT2D eigenvalue weighted by molar-refractivity contribution is 0.898. The van der Waals surface area contributed by atoms with E-state index < -0.39 is 0 Å². The van der Waals surface area contributed by atoms with Gasteiger partial charge in [0.25, 0.3) is 0 Å². The summed E-state index contributed by atoms with van der Waals surface area (Å²) in [5.74, 6) is 1.90. The number of pyridine rings is 1. The molecule has 3 aromatic heterocycles. The van der Waals surface area contributed by atoms with Crippen LogP contribution in [0.4, 0.5) is 11.8 Å². The Morgan fingerprint density at radius 2 is 1.79 bits per heavy atom. The Morgan fingerprint density at radius 3 is 2.48 bits per heavy atom. The number of hydrogen-bond donors (Lipinski definition) is 2. The molecule has 0 aliphatic rings. The van der Waals surface area contributed by atoms with E-state index in [-0.39, 0.29) is 0 Å². The Hall–Kier alpha value is -3.16. The van der Waals surface area contributed by atoms with Gasteiger partial charge in [0.15, 0.2) is 0 Å². The summed E-state index contributed by atoms with van der Waals surface area (Å²) in [6, 6.07) is 9.28. The van der Waals surface area contributed by atoms with E-state index in [1.54, 1.807) is 37.1 Å². The molecule has 2 N–H and O–H groups in total. The molecule has 4 aromatic rings. The maximum Gasteiger partial charge on any atom is 0.241 e. The highest BCUT2D eigenvalue weighted by molar-refractivity contribution is 6.36. The molecule has 0 bridgehead atoms. The monoisotopic (exact) mass is 425 g/mol. The summed E-state index contributed by atoms with van der Waals surface area (Å²) in [5.41, 5.74) is 5.81. The molecule has 3 heterocycles. The fourth-order valence-electron chi connectivity index (χ4n) is 2.81. The Labute approximate surface area is 177 Å². The lowest BCUT2D eigenvalue weighted by Gasteiger charge is -2.23. The van der Waals surface area contributed by atoms with Gasteiger partial charge < -0.3 is 4.98 Å². The lowest BCUT2D eigenvalue weighted by Crippen LogP contribution is -2.31. The standard InChI is InChI=1S/C20H17Cl2N7/c1-2-29(28-20-26-11-14(12-27-20)19-24-7-8-25-19)18-9-13(5-6-23-18)16-4-3-15(21)10-17(16)22/h3-12H,2H2,1H3,(H,24,25)(H,26,27,28). The van der Waals surface area contributed by atoms with Gasteiger partial charge in [0.1, 0.15) is 11.6 Å². The van der Waals surface area contributed by atoms with Gasteiger partial charge in [0.2, 0.25) is 5.95 Å². The van der Waals surface area contributed by atoms with E-state index in [1.165, 1.54) is 0 Å². The highest BCUT2D eigenvalue weighted by Gasteiger charge is 2.11. The third-order valence-corrected chi connectivity index (χ3v) is 4.79. The molecule has 0 amide bonds. The molecule has 29 heavy (non-hydrogen) atoms. The minimum absolute atomic E-state index is 0.457. The second-order valence-corrected chi connectivity index (χ2v) is 6.96. The molecular weight excluding hydrogens is 409 g/mol. The van der Waals surface area contributed by atoms with Gasteiger partial charge in [0, 0.05) is 53.1 Å². The largest absolute Gasteiger partial charge is 0.345 e. The van der Waals surface area contributed by atoms with E-state index >= 15 is 0 Å². The van der Waals surface area contributed by atoms with Crippen LogP contribution in [-0.2, 0) is 0 Å². The maximum absolute atomic E-state index is 6.35. The second-order valence-electron chi connectivity index (χ2n) is 6.12. The Bertz CT molecular complexity index is 1100. The molecule has 0 saturated heterocycles. The first-order valence-corrected chi connectivity index (χ1v) is 9.67. The van der Waals surface area contributed by atoms with Crippen LogP contribution in [0.1, 0.15) is 6.92 Å². The number of halogens is 2. The highest BCUT2D eigenvalue weighted by Crippen LogP contribution is 2.31. The number of benzene rings is 1. The van der Waals surface area contributed by atoms with Gasteiger partial charge in [-0.25, -0.2) is 19.9 Å². The van der Waals surface area contributed by atoms with E-state index in [0.29, 0.717) is 22.5 Å². The summed E-state index contributed by atoms with van der Waals surface area (Å²) in [4.78, 5) is 20.4. The molecular formula is C20H17Cl2N7. The zero-order valence-corrected chi connectivity index (χ0v) is 17.0. The van der Waals surface area contributed by atoms with E-state index in [2.05, 4.69) is 30.3 Å². The van der Waals surface area contributed by atoms with Crippen molar-refractivity contribution in [2.24, 2.45) is 0 Å². The summed E-state index contributed by atoms with van der Waals surface area (Å²) in [7, 11) is 0. The van der Waals surface area contributed by atoms with Crippen molar-refractivity contribution in [2.45, 2.75) is 6.92 Å². The Kier molecular flexibility index (Phi) is 5.59. The van der Waals surface area contributed by atoms with Crippen LogP contribution in [0.25, 0.3) is 22.5 Å². The number of rotatable bonds is 6. The average Bonchev–Trinajstić information content (AvgIpc) is 3.27. The normalized spacial score (nSPS) is 10.7. The van der Waals surface area contributed by atoms with Crippen molar-refractivity contribution < 1.29 is 0 Å². The Balaban J connectivity index is 1.56. The molecule has 1 aromatic carbocycles. The van der Waals surface area contributed by atoms with Crippen LogP contribution in [0, 0.1) is 0 Å². The van der Waals surface area contributed by atoms with Crippen molar-refractivity contribution in [3.05, 3.63) is 71.4 Å². The molecule has 4 rings (SSSR count). The van der Waals surface area contributed by atoms with Crippen LogP contribution in [0.2, 0.25) is 10.0 Å². The van der Waals surface area contributed by atoms with Crippen LogP contribution in [0.3, 0.4) is 0 Å². The van der Waals surface area contributed by atoms with Crippen molar-refractivity contribution in [1.29, 1.82) is 0 Å². The van der Waals surface area contributed by atoms with Crippen LogP contribution in [-0.4, -0.2) is 31.5 Å². The number of aromatic amines is 1. The second kappa shape index (κ2) is 8.46. The predicted octanol–water partition coefficient (Wildman–Crippen LogP) is 5.09. The fourth-order valence-corrected chi connectivity index (χ4v) is 3.32. The van der Waals surface area contributed by atoms with Crippen LogP contribution >= 0.6 is 23.2 Å². The molecule has 0 atom stereocenters. The van der Waals surface area contributed by atoms with E-state index in [1.807, 2.05) is 36.2 Å². The van der Waals surface area contributed by atoms with Crippen molar-refractivity contribution in [3.8, 4) is 22.5 Å². The first-order chi connectivity index (χ1) is 14.1. The number of anilines is 2. The lowest BCUT2D eigenvalue weighted by atomic mass is 10.1. The van der Waals surface area contributed by atoms with Crippen LogP contribution in [0.5, 0.6) is 0 Å². The van der Waals surface area contributed by atoms with Crippen molar-refractivity contribution in [2.75, 3.05) is 17.0 Å². The number of aromatic nitrogens is 5. The SMILES string of the molecule is CCN(Nc1ncc(-c2ncc[nH]2)cn1)c1cc(-c2ccc(Cl)cc2Cl)ccn1. The van der Waals surface area contributed by atoms with Gasteiger partial charge in [0.05, 0.1) is 5.56 Å². The maximum atomic E-state index is 6.35. The summed E-state index contributed by atoms with van der Waals surface area (Å²) < 4.78 is 0. The number of hydrogen-bond acceptors (Lipinski definition) is 6. The van der Waals surface area contributed by atoms with Crippen molar-refractivity contribution >= 4 is 35.0 Å². The zero-order valence-electron chi connectivity index (χ0n) is 15.5. The van der Waals surface area contributed by atoms with Crippen LogP contribution < -0.4 is 10.4 Å². The van der Waals surface area contributed by atoms with E-state index in [0.717, 1.165) is 28.3 Å². The number of hydrazine groups is 1. The fraction of sp³-hybridized carbons (Fsp3) is 0.100. The van der Waals surface area contributed by atoms with Crippen LogP contribution in [0.15, 0.2) is 61.3 Å².